The molecule has 7 nitrogen and oxygen atoms in total. The van der Waals surface area contributed by atoms with Gasteiger partial charge in [0, 0.05) is 34.8 Å². The Kier molecular flexibility index (Phi) is 10.2. The Labute approximate surface area is 262 Å². The van der Waals surface area contributed by atoms with Gasteiger partial charge in [0.05, 0.1) is 23.6 Å². The largest absolute Gasteiger partial charge is 0.493 e. The van der Waals surface area contributed by atoms with E-state index in [9.17, 15) is 13.2 Å². The lowest BCUT2D eigenvalue weighted by Crippen LogP contribution is -2.36. The highest BCUT2D eigenvalue weighted by molar-refractivity contribution is 9.10. The molecule has 0 spiro atoms. The van der Waals surface area contributed by atoms with E-state index in [0.29, 0.717) is 29.9 Å². The molecule has 1 aliphatic heterocycles. The molecule has 0 aromatic heterocycles. The van der Waals surface area contributed by atoms with E-state index in [4.69, 9.17) is 4.74 Å². The van der Waals surface area contributed by atoms with E-state index in [0.717, 1.165) is 46.2 Å². The van der Waals surface area contributed by atoms with Crippen molar-refractivity contribution in [3.05, 3.63) is 106 Å². The molecule has 0 fully saturated rings. The van der Waals surface area contributed by atoms with Gasteiger partial charge < -0.3 is 15.4 Å². The molecule has 0 radical (unpaired) electrons. The zero-order valence-electron chi connectivity index (χ0n) is 24.5. The van der Waals surface area contributed by atoms with Crippen LogP contribution in [0.2, 0.25) is 0 Å². The predicted molar refractivity (Wildman–Crippen MR) is 174 cm³/mol. The summed E-state index contributed by atoms with van der Waals surface area (Å²) in [4.78, 5) is 13.6. The van der Waals surface area contributed by atoms with Crippen LogP contribution in [-0.4, -0.2) is 27.5 Å². The number of halogens is 1. The van der Waals surface area contributed by atoms with Gasteiger partial charge in [-0.25, -0.2) is 13.1 Å². The number of ether oxygens (including phenoxy) is 1. The SMILES string of the molecule is CC(C)CCNCc1ccc2c(c1)OCCC2NC(=O)CC(NS(=O)(=O)c1cccc2cc(Br)ccc12)c1ccccc1. The van der Waals surface area contributed by atoms with Crippen molar-refractivity contribution in [2.24, 2.45) is 5.92 Å². The maximum absolute atomic E-state index is 13.7. The highest BCUT2D eigenvalue weighted by Gasteiger charge is 2.28. The average molecular weight is 665 g/mol. The maximum atomic E-state index is 13.7. The number of carbonyl (C=O) groups is 1. The van der Waals surface area contributed by atoms with Gasteiger partial charge in [-0.3, -0.25) is 4.79 Å². The average Bonchev–Trinajstić information content (AvgIpc) is 2.99. The molecule has 5 rings (SSSR count). The van der Waals surface area contributed by atoms with Crippen molar-refractivity contribution in [1.29, 1.82) is 0 Å². The summed E-state index contributed by atoms with van der Waals surface area (Å²) in [6.07, 6.45) is 1.71. The number of benzene rings is 4. The second-order valence-corrected chi connectivity index (χ2v) is 14.0. The van der Waals surface area contributed by atoms with Crippen LogP contribution >= 0.6 is 15.9 Å². The lowest BCUT2D eigenvalue weighted by atomic mass is 9.98. The van der Waals surface area contributed by atoms with Crippen LogP contribution in [0.4, 0.5) is 0 Å². The van der Waals surface area contributed by atoms with E-state index in [1.54, 1.807) is 18.2 Å². The van der Waals surface area contributed by atoms with Crippen molar-refractivity contribution in [3.63, 3.8) is 0 Å². The first-order chi connectivity index (χ1) is 20.7. The van der Waals surface area contributed by atoms with Gasteiger partial charge in [-0.2, -0.15) is 0 Å². The van der Waals surface area contributed by atoms with Crippen molar-refractivity contribution in [2.45, 2.75) is 56.6 Å². The standard InChI is InChI=1S/C34H38BrN3O4S/c1-23(2)15-17-36-22-24-11-13-29-30(16-18-42-32(29)19-24)37-34(39)21-31(25-7-4-3-5-8-25)38-43(40,41)33-10-6-9-26-20-27(35)12-14-28(26)33/h3-14,19-20,23,30-31,36,38H,15-18,21-22H2,1-2H3,(H,37,39). The highest BCUT2D eigenvalue weighted by atomic mass is 79.9. The van der Waals surface area contributed by atoms with Crippen LogP contribution in [0.25, 0.3) is 10.8 Å². The van der Waals surface area contributed by atoms with E-state index in [1.165, 1.54) is 0 Å². The van der Waals surface area contributed by atoms with Crippen molar-refractivity contribution in [2.75, 3.05) is 13.2 Å². The normalized spacial score (nSPS) is 15.6. The van der Waals surface area contributed by atoms with E-state index < -0.39 is 16.1 Å². The van der Waals surface area contributed by atoms with Gasteiger partial charge in [-0.1, -0.05) is 90.4 Å². The van der Waals surface area contributed by atoms with Gasteiger partial charge in [0.15, 0.2) is 0 Å². The summed E-state index contributed by atoms with van der Waals surface area (Å²) in [6, 6.07) is 25.1. The molecule has 4 aromatic rings. The summed E-state index contributed by atoms with van der Waals surface area (Å²) in [5, 5.41) is 8.04. The second-order valence-electron chi connectivity index (χ2n) is 11.4. The summed E-state index contributed by atoms with van der Waals surface area (Å²) in [5.74, 6) is 1.19. The summed E-state index contributed by atoms with van der Waals surface area (Å²) in [6.45, 7) is 6.63. The van der Waals surface area contributed by atoms with Crippen LogP contribution in [0.1, 0.15) is 61.9 Å². The molecular formula is C34H38BrN3O4S. The number of rotatable bonds is 12. The van der Waals surface area contributed by atoms with Crippen LogP contribution < -0.4 is 20.1 Å². The monoisotopic (exact) mass is 663 g/mol. The first kappa shape index (κ1) is 31.2. The molecule has 3 N–H and O–H groups in total. The molecular weight excluding hydrogens is 626 g/mol. The predicted octanol–water partition coefficient (Wildman–Crippen LogP) is 6.79. The highest BCUT2D eigenvalue weighted by Crippen LogP contribution is 2.34. The Morgan fingerprint density at radius 1 is 1.00 bits per heavy atom. The van der Waals surface area contributed by atoms with E-state index >= 15 is 0 Å². The van der Waals surface area contributed by atoms with Gasteiger partial charge in [0.2, 0.25) is 15.9 Å². The van der Waals surface area contributed by atoms with Crippen molar-refractivity contribution >= 4 is 42.6 Å². The quantitative estimate of drug-likeness (QED) is 0.145. The van der Waals surface area contributed by atoms with Crippen LogP contribution in [0.15, 0.2) is 94.3 Å². The molecule has 0 bridgehead atoms. The Morgan fingerprint density at radius 2 is 1.81 bits per heavy atom. The first-order valence-corrected chi connectivity index (χ1v) is 17.0. The molecule has 0 aliphatic carbocycles. The van der Waals surface area contributed by atoms with Crippen LogP contribution in [0, 0.1) is 5.92 Å². The summed E-state index contributed by atoms with van der Waals surface area (Å²) < 4.78 is 37.1. The van der Waals surface area contributed by atoms with Crippen molar-refractivity contribution in [1.82, 2.24) is 15.4 Å². The molecule has 1 aliphatic rings. The number of amides is 1. The molecule has 9 heteroatoms. The maximum Gasteiger partial charge on any atom is 0.241 e. The zero-order valence-corrected chi connectivity index (χ0v) is 26.9. The molecule has 226 valence electrons. The lowest BCUT2D eigenvalue weighted by Gasteiger charge is -2.28. The zero-order chi connectivity index (χ0) is 30.4. The summed E-state index contributed by atoms with van der Waals surface area (Å²) in [5.41, 5.74) is 2.78. The van der Waals surface area contributed by atoms with Crippen molar-refractivity contribution in [3.8, 4) is 5.75 Å². The fourth-order valence-electron chi connectivity index (χ4n) is 5.38. The second kappa shape index (κ2) is 14.0. The number of sulfonamides is 1. The molecule has 43 heavy (non-hydrogen) atoms. The van der Waals surface area contributed by atoms with Crippen LogP contribution in [-0.2, 0) is 21.4 Å². The smallest absolute Gasteiger partial charge is 0.241 e. The minimum absolute atomic E-state index is 0.0515. The Bertz CT molecular complexity index is 1680. The number of fused-ring (bicyclic) bond motifs is 2. The number of nitrogens with one attached hydrogen (secondary N) is 3. The van der Waals surface area contributed by atoms with Gasteiger partial charge in [-0.05, 0) is 59.7 Å². The van der Waals surface area contributed by atoms with Crippen LogP contribution in [0.3, 0.4) is 0 Å². The Balaban J connectivity index is 1.31. The fraction of sp³-hybridized carbons (Fsp3) is 0.324. The number of carbonyl (C=O) groups excluding carboxylic acids is 1. The Hall–Kier alpha value is -3.24. The minimum atomic E-state index is -3.97. The third kappa shape index (κ3) is 8.03. The number of hydrogen-bond donors (Lipinski definition) is 3. The third-order valence-electron chi connectivity index (χ3n) is 7.66. The molecule has 2 unspecified atom stereocenters. The lowest BCUT2D eigenvalue weighted by molar-refractivity contribution is -0.122. The van der Waals surface area contributed by atoms with E-state index in [2.05, 4.69) is 51.2 Å². The molecule has 1 heterocycles. The third-order valence-corrected chi connectivity index (χ3v) is 9.68. The van der Waals surface area contributed by atoms with Gasteiger partial charge >= 0.3 is 0 Å². The van der Waals surface area contributed by atoms with E-state index in [-0.39, 0.29) is 23.3 Å². The summed E-state index contributed by atoms with van der Waals surface area (Å²) in [7, 11) is -3.97. The summed E-state index contributed by atoms with van der Waals surface area (Å²) >= 11 is 3.46. The minimum Gasteiger partial charge on any atom is -0.493 e. The molecule has 1 amide bonds. The van der Waals surface area contributed by atoms with Gasteiger partial charge in [-0.15, -0.1) is 0 Å². The van der Waals surface area contributed by atoms with E-state index in [1.807, 2.05) is 60.7 Å². The topological polar surface area (TPSA) is 96.5 Å². The van der Waals surface area contributed by atoms with Crippen molar-refractivity contribution < 1.29 is 17.9 Å². The Morgan fingerprint density at radius 3 is 2.60 bits per heavy atom. The van der Waals surface area contributed by atoms with Gasteiger partial charge in [0.1, 0.15) is 5.75 Å². The molecule has 4 aromatic carbocycles. The molecule has 0 saturated heterocycles. The van der Waals surface area contributed by atoms with Crippen LogP contribution in [0.5, 0.6) is 5.75 Å². The molecule has 2 atom stereocenters. The van der Waals surface area contributed by atoms with Gasteiger partial charge in [0.25, 0.3) is 0 Å². The fourth-order valence-corrected chi connectivity index (χ4v) is 7.21. The number of hydrogen-bond acceptors (Lipinski definition) is 5. The molecule has 0 saturated carbocycles. The first-order valence-electron chi connectivity index (χ1n) is 14.7.